The van der Waals surface area contributed by atoms with E-state index < -0.39 is 77.4 Å². The highest BCUT2D eigenvalue weighted by molar-refractivity contribution is 7.98. The fraction of sp³-hybridized carbons (Fsp3) is 0.341. The van der Waals surface area contributed by atoms with Gasteiger partial charge in [0.25, 0.3) is 5.56 Å². The van der Waals surface area contributed by atoms with E-state index >= 15 is 0 Å². The van der Waals surface area contributed by atoms with Gasteiger partial charge in [-0.05, 0) is 67.2 Å². The van der Waals surface area contributed by atoms with E-state index in [0.29, 0.717) is 16.9 Å². The fourth-order valence-electron chi connectivity index (χ4n) is 7.11. The number of carbonyl (C=O) groups is 5. The van der Waals surface area contributed by atoms with Gasteiger partial charge in [-0.2, -0.15) is 11.8 Å². The minimum absolute atomic E-state index is 0.0477. The van der Waals surface area contributed by atoms with Crippen molar-refractivity contribution in [1.29, 1.82) is 0 Å². The number of amides is 5. The van der Waals surface area contributed by atoms with E-state index in [2.05, 4.69) is 36.6 Å². The lowest BCUT2D eigenvalue weighted by atomic mass is 9.94. The Kier molecular flexibility index (Phi) is 14.0. The van der Waals surface area contributed by atoms with Crippen molar-refractivity contribution >= 4 is 52.4 Å². The van der Waals surface area contributed by atoms with Crippen molar-refractivity contribution in [2.45, 2.75) is 69.2 Å². The number of carbonyl (C=O) groups excluding carboxylic acids is 4. The molecule has 19 nitrogen and oxygen atoms in total. The second kappa shape index (κ2) is 19.5. The lowest BCUT2D eigenvalue weighted by Gasteiger charge is -2.36. The summed E-state index contributed by atoms with van der Waals surface area (Å²) in [6, 6.07) is 6.91. The number of aliphatic carboxylic acids is 1. The quantitative estimate of drug-likeness (QED) is 0.0762. The van der Waals surface area contributed by atoms with Crippen LogP contribution < -0.4 is 37.8 Å². The van der Waals surface area contributed by atoms with Gasteiger partial charge in [-0.15, -0.1) is 0 Å². The molecule has 9 N–H and O–H groups in total. The molecule has 0 fully saturated rings. The van der Waals surface area contributed by atoms with Crippen molar-refractivity contribution in [3.63, 3.8) is 0 Å². The first kappa shape index (κ1) is 43.8. The van der Waals surface area contributed by atoms with Gasteiger partial charge in [0.1, 0.15) is 29.6 Å². The Morgan fingerprint density at radius 3 is 2.56 bits per heavy atom. The number of carboxylic acid groups (broad SMARTS) is 1. The molecule has 4 aromatic rings. The Balaban J connectivity index is 1.19. The minimum Gasteiger partial charge on any atom is -0.508 e. The van der Waals surface area contributed by atoms with Crippen LogP contribution in [0.15, 0.2) is 94.6 Å². The van der Waals surface area contributed by atoms with E-state index in [9.17, 15) is 43.8 Å². The number of H-pyrrole nitrogens is 2. The van der Waals surface area contributed by atoms with Crippen molar-refractivity contribution in [2.75, 3.05) is 19.1 Å². The molecule has 0 spiro atoms. The molecule has 6 unspecified atom stereocenters. The number of fused-ring (bicyclic) bond motifs is 2. The molecule has 2 aliphatic rings. The maximum atomic E-state index is 14.1. The van der Waals surface area contributed by atoms with Crippen LogP contribution in [0, 0.1) is 0 Å². The first-order valence-corrected chi connectivity index (χ1v) is 20.7. The molecule has 4 heterocycles. The number of allylic oxidation sites excluding steroid dienone is 1. The molecule has 0 radical (unpaired) electrons. The van der Waals surface area contributed by atoms with Crippen LogP contribution in [0.1, 0.15) is 36.3 Å². The normalized spacial score (nSPS) is 18.2. The van der Waals surface area contributed by atoms with Gasteiger partial charge >= 0.3 is 17.7 Å². The molecule has 2 aromatic heterocycles. The lowest BCUT2D eigenvalue weighted by Crippen LogP contribution is -2.62. The first-order chi connectivity index (χ1) is 29.2. The third kappa shape index (κ3) is 10.5. The van der Waals surface area contributed by atoms with Gasteiger partial charge in [0, 0.05) is 61.1 Å². The summed E-state index contributed by atoms with van der Waals surface area (Å²) in [6.07, 6.45) is 8.34. The van der Waals surface area contributed by atoms with E-state index in [4.69, 9.17) is 4.74 Å². The van der Waals surface area contributed by atoms with Gasteiger partial charge < -0.3 is 51.4 Å². The van der Waals surface area contributed by atoms with Crippen LogP contribution in [0.4, 0.5) is 4.79 Å². The van der Waals surface area contributed by atoms with Crippen LogP contribution in [-0.4, -0.2) is 109 Å². The molecule has 322 valence electrons. The number of urea groups is 1. The second-order valence-corrected chi connectivity index (χ2v) is 15.6. The summed E-state index contributed by atoms with van der Waals surface area (Å²) in [5.74, 6) is -2.58. The molecule has 6 rings (SSSR count). The number of thioether (sulfide) groups is 1. The van der Waals surface area contributed by atoms with E-state index in [1.165, 1.54) is 48.3 Å². The van der Waals surface area contributed by atoms with Gasteiger partial charge in [0.15, 0.2) is 6.23 Å². The second-order valence-electron chi connectivity index (χ2n) is 14.6. The average molecular weight is 858 g/mol. The number of rotatable bonds is 16. The van der Waals surface area contributed by atoms with Crippen molar-refractivity contribution in [3.05, 3.63) is 123 Å². The molecule has 6 atom stereocenters. The Hall–Kier alpha value is -6.80. The van der Waals surface area contributed by atoms with E-state index in [1.54, 1.807) is 31.5 Å². The number of aromatic nitrogens is 3. The minimum atomic E-state index is -1.42. The summed E-state index contributed by atoms with van der Waals surface area (Å²) in [6.45, 7) is 1.80. The molecule has 0 bridgehead atoms. The highest BCUT2D eigenvalue weighted by Gasteiger charge is 2.37. The fourth-order valence-corrected chi connectivity index (χ4v) is 7.58. The zero-order valence-corrected chi connectivity index (χ0v) is 34.3. The standard InChI is InChI=1S/C41H47N9O10S/c1-22(49(2)38(55)30-17-23-7-6-10-32(51)27(23)21-43-30)35(37(54)44-20-25-11-12-34(60-25)50-15-13-33(52)47-41(50)59)48-36(53)29(14-16-61-3)45-40(58)46-31(39(56)57)18-24-19-42-28-9-5-4-8-26(24)28/h4-13,15,19-20,22,29-31,34-35,42-43,51H,14,16-18,21H2,1-3H3,(H,44,54)(H,48,53)(H,56,57)(H2,45,46,58)(H,47,52,59). The van der Waals surface area contributed by atoms with Crippen LogP contribution in [0.2, 0.25) is 0 Å². The highest BCUT2D eigenvalue weighted by atomic mass is 32.2. The van der Waals surface area contributed by atoms with Gasteiger partial charge in [-0.3, -0.25) is 28.7 Å². The van der Waals surface area contributed by atoms with Gasteiger partial charge in [-0.25, -0.2) is 14.4 Å². The number of nitrogens with one attached hydrogen (secondary N) is 7. The molecule has 2 aliphatic heterocycles. The molecule has 0 saturated heterocycles. The summed E-state index contributed by atoms with van der Waals surface area (Å²) in [7, 11) is 1.49. The number of likely N-dealkylation sites (N-methyl/N-ethyl adjacent to an activating group) is 1. The number of phenolic OH excluding ortho intramolecular Hbond substituents is 1. The number of aromatic hydroxyl groups is 1. The van der Waals surface area contributed by atoms with Gasteiger partial charge in [-0.1, -0.05) is 30.3 Å². The van der Waals surface area contributed by atoms with E-state index in [-0.39, 0.29) is 37.3 Å². The Labute approximate surface area is 353 Å². The number of hydrogen-bond donors (Lipinski definition) is 9. The van der Waals surface area contributed by atoms with Crippen LogP contribution in [0.3, 0.4) is 0 Å². The number of hydrogen-bond acceptors (Lipinski definition) is 11. The van der Waals surface area contributed by atoms with Crippen LogP contribution in [0.25, 0.3) is 10.9 Å². The predicted molar refractivity (Wildman–Crippen MR) is 225 cm³/mol. The van der Waals surface area contributed by atoms with Crippen molar-refractivity contribution < 1.29 is 38.9 Å². The zero-order chi connectivity index (χ0) is 43.8. The molecular weight excluding hydrogens is 811 g/mol. The SMILES string of the molecule is CSCCC(NC(=O)NC(Cc1c[nH]c2ccccc12)C(=O)O)C(=O)NC(C(=O)NC=C1C=CC(n2ccc(=O)[nH]c2=O)O1)C(C)N(C)C(=O)C1Cc2cccc(O)c2CN1. The van der Waals surface area contributed by atoms with Crippen molar-refractivity contribution in [2.24, 2.45) is 0 Å². The van der Waals surface area contributed by atoms with E-state index in [1.807, 2.05) is 30.3 Å². The van der Waals surface area contributed by atoms with Gasteiger partial charge in [0.2, 0.25) is 17.7 Å². The third-order valence-electron chi connectivity index (χ3n) is 10.6. The molecule has 61 heavy (non-hydrogen) atoms. The highest BCUT2D eigenvalue weighted by Crippen LogP contribution is 2.26. The summed E-state index contributed by atoms with van der Waals surface area (Å²) >= 11 is 1.40. The summed E-state index contributed by atoms with van der Waals surface area (Å²) in [5.41, 5.74) is 1.63. The van der Waals surface area contributed by atoms with Crippen LogP contribution in [0.5, 0.6) is 5.75 Å². The average Bonchev–Trinajstić information content (AvgIpc) is 3.89. The Bertz CT molecular complexity index is 2480. The number of aromatic amines is 2. The third-order valence-corrected chi connectivity index (χ3v) is 11.3. The molecule has 0 aliphatic carbocycles. The predicted octanol–water partition coefficient (Wildman–Crippen LogP) is 0.929. The first-order valence-electron chi connectivity index (χ1n) is 19.3. The lowest BCUT2D eigenvalue weighted by molar-refractivity contribution is -0.139. The molecular formula is C41H47N9O10S. The van der Waals surface area contributed by atoms with E-state index in [0.717, 1.165) is 27.1 Å². The Morgan fingerprint density at radius 2 is 1.80 bits per heavy atom. The topological polar surface area (TPSA) is 269 Å². The van der Waals surface area contributed by atoms with Crippen molar-refractivity contribution in [1.82, 2.24) is 46.0 Å². The summed E-state index contributed by atoms with van der Waals surface area (Å²) in [4.78, 5) is 98.2. The van der Waals surface area contributed by atoms with Crippen molar-refractivity contribution in [3.8, 4) is 5.75 Å². The number of nitrogens with zero attached hydrogens (tertiary/aromatic N) is 2. The molecule has 2 aromatic carbocycles. The number of para-hydroxylation sites is 1. The molecule has 5 amide bonds. The van der Waals surface area contributed by atoms with Crippen LogP contribution in [-0.2, 0) is 43.3 Å². The maximum Gasteiger partial charge on any atom is 0.331 e. The monoisotopic (exact) mass is 857 g/mol. The number of ether oxygens (including phenoxy) is 1. The molecule has 20 heteroatoms. The largest absolute Gasteiger partial charge is 0.508 e. The smallest absolute Gasteiger partial charge is 0.331 e. The summed E-state index contributed by atoms with van der Waals surface area (Å²) in [5, 5.41) is 34.6. The summed E-state index contributed by atoms with van der Waals surface area (Å²) < 4.78 is 6.90. The van der Waals surface area contributed by atoms with Gasteiger partial charge in [0.05, 0.1) is 12.1 Å². The number of benzene rings is 2. The Morgan fingerprint density at radius 1 is 1.03 bits per heavy atom. The number of phenols is 1. The number of carboxylic acids is 1. The molecule has 0 saturated carbocycles. The zero-order valence-electron chi connectivity index (χ0n) is 33.5. The van der Waals surface area contributed by atoms with Crippen LogP contribution >= 0.6 is 11.8 Å². The maximum absolute atomic E-state index is 14.1.